The zero-order valence-corrected chi connectivity index (χ0v) is 11.8. The Morgan fingerprint density at radius 3 is 2.50 bits per heavy atom. The average Bonchev–Trinajstić information content (AvgIpc) is 2.55. The first-order chi connectivity index (χ1) is 10.5. The van der Waals surface area contributed by atoms with Gasteiger partial charge in [-0.3, -0.25) is 4.79 Å². The maximum atomic E-state index is 10.7. The van der Waals surface area contributed by atoms with Crippen LogP contribution in [0.1, 0.15) is 10.4 Å². The van der Waals surface area contributed by atoms with Gasteiger partial charge in [0.25, 0.3) is 0 Å². The van der Waals surface area contributed by atoms with Gasteiger partial charge >= 0.3 is 0 Å². The summed E-state index contributed by atoms with van der Waals surface area (Å²) in [6.45, 7) is -0.550. The summed E-state index contributed by atoms with van der Waals surface area (Å²) in [5, 5.41) is 38.4. The molecule has 1 heterocycles. The van der Waals surface area contributed by atoms with Gasteiger partial charge in [0.05, 0.1) is 13.7 Å². The van der Waals surface area contributed by atoms with Crippen molar-refractivity contribution in [3.05, 3.63) is 23.8 Å². The van der Waals surface area contributed by atoms with Crippen molar-refractivity contribution in [2.45, 2.75) is 30.7 Å². The number of aliphatic hydroxyl groups excluding tert-OH is 4. The molecule has 8 nitrogen and oxygen atoms in total. The van der Waals surface area contributed by atoms with E-state index in [-0.39, 0.29) is 11.5 Å². The van der Waals surface area contributed by atoms with Crippen molar-refractivity contribution in [1.29, 1.82) is 0 Å². The number of hydrogen-bond donors (Lipinski definition) is 4. The molecule has 1 saturated heterocycles. The van der Waals surface area contributed by atoms with E-state index in [9.17, 15) is 20.1 Å². The summed E-state index contributed by atoms with van der Waals surface area (Å²) >= 11 is 0. The minimum atomic E-state index is -1.53. The topological polar surface area (TPSA) is 126 Å². The average molecular weight is 314 g/mol. The standard InChI is InChI=1S/C14H18O8/c1-20-9-4-7(5-15)2-3-8(9)21-14-13(19)12(18)11(17)10(6-16)22-14/h2-5,10-14,16-19H,6H2,1H3/t10?,11-,12?,13?,14-/m1/s1. The molecule has 122 valence electrons. The van der Waals surface area contributed by atoms with Gasteiger partial charge in [-0.1, -0.05) is 0 Å². The highest BCUT2D eigenvalue weighted by Crippen LogP contribution is 2.31. The summed E-state index contributed by atoms with van der Waals surface area (Å²) in [5.41, 5.74) is 0.373. The second-order valence-electron chi connectivity index (χ2n) is 4.84. The van der Waals surface area contributed by atoms with Crippen LogP contribution in [0.3, 0.4) is 0 Å². The molecule has 4 N–H and O–H groups in total. The summed E-state index contributed by atoms with van der Waals surface area (Å²) in [7, 11) is 1.38. The molecule has 0 bridgehead atoms. The molecule has 0 spiro atoms. The lowest BCUT2D eigenvalue weighted by molar-refractivity contribution is -0.277. The van der Waals surface area contributed by atoms with E-state index in [0.717, 1.165) is 0 Å². The van der Waals surface area contributed by atoms with E-state index in [2.05, 4.69) is 0 Å². The number of carbonyl (C=O) groups is 1. The first-order valence-electron chi connectivity index (χ1n) is 6.62. The van der Waals surface area contributed by atoms with Crippen LogP contribution in [0.15, 0.2) is 18.2 Å². The summed E-state index contributed by atoms with van der Waals surface area (Å²) in [6.07, 6.45) is -6.25. The lowest BCUT2D eigenvalue weighted by Crippen LogP contribution is -2.60. The molecule has 0 radical (unpaired) electrons. The van der Waals surface area contributed by atoms with Crippen molar-refractivity contribution < 1.29 is 39.4 Å². The van der Waals surface area contributed by atoms with Gasteiger partial charge in [0.1, 0.15) is 30.7 Å². The molecule has 1 fully saturated rings. The van der Waals surface area contributed by atoms with E-state index in [0.29, 0.717) is 11.8 Å². The van der Waals surface area contributed by atoms with Crippen LogP contribution in [0.2, 0.25) is 0 Å². The molecule has 2 rings (SSSR count). The van der Waals surface area contributed by atoms with Gasteiger partial charge in [0.15, 0.2) is 11.5 Å². The van der Waals surface area contributed by atoms with E-state index in [1.165, 1.54) is 25.3 Å². The SMILES string of the molecule is COc1cc(C=O)ccc1O[C@@H]1OC(CO)[C@@H](O)C(O)C1O. The molecular formula is C14H18O8. The Morgan fingerprint density at radius 1 is 1.18 bits per heavy atom. The van der Waals surface area contributed by atoms with Gasteiger partial charge in [0, 0.05) is 5.56 Å². The van der Waals surface area contributed by atoms with Gasteiger partial charge < -0.3 is 34.6 Å². The molecular weight excluding hydrogens is 296 g/mol. The zero-order chi connectivity index (χ0) is 16.3. The number of hydrogen-bond acceptors (Lipinski definition) is 8. The highest BCUT2D eigenvalue weighted by atomic mass is 16.7. The van der Waals surface area contributed by atoms with E-state index in [1.807, 2.05) is 0 Å². The monoisotopic (exact) mass is 314 g/mol. The molecule has 8 heteroatoms. The lowest BCUT2D eigenvalue weighted by atomic mass is 9.99. The maximum absolute atomic E-state index is 10.7. The number of benzene rings is 1. The van der Waals surface area contributed by atoms with Crippen molar-refractivity contribution in [3.8, 4) is 11.5 Å². The summed E-state index contributed by atoms with van der Waals surface area (Å²) in [6, 6.07) is 4.37. The summed E-state index contributed by atoms with van der Waals surface area (Å²) < 4.78 is 15.8. The number of methoxy groups -OCH3 is 1. The molecule has 1 aromatic rings. The van der Waals surface area contributed by atoms with Gasteiger partial charge in [-0.05, 0) is 18.2 Å². The fraction of sp³-hybridized carbons (Fsp3) is 0.500. The van der Waals surface area contributed by atoms with Crippen LogP contribution in [0, 0.1) is 0 Å². The third kappa shape index (κ3) is 3.21. The second-order valence-corrected chi connectivity index (χ2v) is 4.84. The predicted octanol–water partition coefficient (Wildman–Crippen LogP) is -1.31. The van der Waals surface area contributed by atoms with Gasteiger partial charge in [-0.2, -0.15) is 0 Å². The molecule has 0 amide bonds. The molecule has 22 heavy (non-hydrogen) atoms. The molecule has 5 atom stereocenters. The van der Waals surface area contributed by atoms with Crippen LogP contribution in [0.25, 0.3) is 0 Å². The molecule has 0 saturated carbocycles. The predicted molar refractivity (Wildman–Crippen MR) is 72.8 cm³/mol. The van der Waals surface area contributed by atoms with E-state index in [4.69, 9.17) is 19.3 Å². The van der Waals surface area contributed by atoms with Crippen molar-refractivity contribution >= 4 is 6.29 Å². The fourth-order valence-corrected chi connectivity index (χ4v) is 2.14. The van der Waals surface area contributed by atoms with Crippen molar-refractivity contribution in [2.75, 3.05) is 13.7 Å². The Bertz CT molecular complexity index is 518. The van der Waals surface area contributed by atoms with E-state index < -0.39 is 37.3 Å². The molecule has 3 unspecified atom stereocenters. The van der Waals surface area contributed by atoms with Crippen molar-refractivity contribution in [2.24, 2.45) is 0 Å². The first-order valence-corrected chi connectivity index (χ1v) is 6.62. The highest BCUT2D eigenvalue weighted by Gasteiger charge is 2.44. The van der Waals surface area contributed by atoms with Gasteiger partial charge in [-0.25, -0.2) is 0 Å². The Labute approximate surface area is 126 Å². The maximum Gasteiger partial charge on any atom is 0.229 e. The second kappa shape index (κ2) is 7.03. The van der Waals surface area contributed by atoms with Crippen LogP contribution < -0.4 is 9.47 Å². The molecule has 1 aliphatic heterocycles. The number of rotatable bonds is 5. The quantitative estimate of drug-likeness (QED) is 0.493. The smallest absolute Gasteiger partial charge is 0.229 e. The fourth-order valence-electron chi connectivity index (χ4n) is 2.14. The molecule has 1 aromatic carbocycles. The minimum Gasteiger partial charge on any atom is -0.493 e. The Kier molecular flexibility index (Phi) is 5.33. The van der Waals surface area contributed by atoms with E-state index in [1.54, 1.807) is 0 Å². The van der Waals surface area contributed by atoms with Crippen LogP contribution in [-0.4, -0.2) is 71.1 Å². The largest absolute Gasteiger partial charge is 0.493 e. The third-order valence-corrected chi connectivity index (χ3v) is 3.42. The Morgan fingerprint density at radius 2 is 1.91 bits per heavy atom. The zero-order valence-electron chi connectivity index (χ0n) is 11.8. The normalized spacial score (nSPS) is 31.6. The lowest BCUT2D eigenvalue weighted by Gasteiger charge is -2.39. The molecule has 1 aliphatic rings. The van der Waals surface area contributed by atoms with Crippen molar-refractivity contribution in [3.63, 3.8) is 0 Å². The number of ether oxygens (including phenoxy) is 3. The number of carbonyl (C=O) groups excluding carboxylic acids is 1. The van der Waals surface area contributed by atoms with Gasteiger partial charge in [0.2, 0.25) is 6.29 Å². The number of aliphatic hydroxyl groups is 4. The van der Waals surface area contributed by atoms with Crippen LogP contribution in [0.5, 0.6) is 11.5 Å². The van der Waals surface area contributed by atoms with Crippen LogP contribution in [0.4, 0.5) is 0 Å². The minimum absolute atomic E-state index is 0.178. The molecule has 0 aliphatic carbocycles. The summed E-state index contributed by atoms with van der Waals surface area (Å²) in [5.74, 6) is 0.416. The van der Waals surface area contributed by atoms with Crippen LogP contribution >= 0.6 is 0 Å². The molecule has 0 aromatic heterocycles. The Balaban J connectivity index is 2.20. The first kappa shape index (κ1) is 16.7. The third-order valence-electron chi connectivity index (χ3n) is 3.42. The van der Waals surface area contributed by atoms with Crippen LogP contribution in [-0.2, 0) is 4.74 Å². The highest BCUT2D eigenvalue weighted by molar-refractivity contribution is 5.76. The van der Waals surface area contributed by atoms with Crippen molar-refractivity contribution in [1.82, 2.24) is 0 Å². The van der Waals surface area contributed by atoms with E-state index >= 15 is 0 Å². The van der Waals surface area contributed by atoms with Gasteiger partial charge in [-0.15, -0.1) is 0 Å². The number of aldehydes is 1. The Hall–Kier alpha value is -1.71. The summed E-state index contributed by atoms with van der Waals surface area (Å²) in [4.78, 5) is 10.7.